The molecule has 0 saturated heterocycles. The lowest BCUT2D eigenvalue weighted by atomic mass is 10.1. The number of benzene rings is 1. The zero-order valence-corrected chi connectivity index (χ0v) is 8.57. The van der Waals surface area contributed by atoms with Crippen LogP contribution in [0, 0.1) is 11.3 Å². The first kappa shape index (κ1) is 9.70. The van der Waals surface area contributed by atoms with Crippen LogP contribution in [-0.4, -0.2) is 4.98 Å². The molecule has 2 rings (SSSR count). The van der Waals surface area contributed by atoms with Crippen LogP contribution in [0.3, 0.4) is 0 Å². The Bertz CT molecular complexity index is 515. The Morgan fingerprint density at radius 1 is 1.07 bits per heavy atom. The molecule has 3 heteroatoms. The molecule has 2 aromatic rings. The third kappa shape index (κ3) is 1.98. The molecule has 15 heavy (non-hydrogen) atoms. The van der Waals surface area contributed by atoms with Gasteiger partial charge in [-0.15, -0.1) is 0 Å². The minimum Gasteiger partial charge on any atom is -0.236 e. The van der Waals surface area contributed by atoms with E-state index in [1.54, 1.807) is 12.1 Å². The second-order valence-corrected chi connectivity index (χ2v) is 3.41. The molecule has 0 aliphatic rings. The number of nitrogens with zero attached hydrogens (tertiary/aromatic N) is 2. The SMILES string of the molecule is N#Cc1nc(-c2ccccc2)ccc1Cl. The Labute approximate surface area is 92.8 Å². The monoisotopic (exact) mass is 214 g/mol. The lowest BCUT2D eigenvalue weighted by Crippen LogP contribution is -1.88. The minimum absolute atomic E-state index is 0.262. The van der Waals surface area contributed by atoms with Crippen molar-refractivity contribution < 1.29 is 0 Å². The maximum absolute atomic E-state index is 8.79. The standard InChI is InChI=1S/C12H7ClN2/c13-10-6-7-11(15-12(10)8-14)9-4-2-1-3-5-9/h1-7H. The van der Waals surface area contributed by atoms with Gasteiger partial charge in [-0.25, -0.2) is 4.98 Å². The lowest BCUT2D eigenvalue weighted by Gasteiger charge is -2.01. The molecule has 0 aliphatic carbocycles. The first-order valence-electron chi connectivity index (χ1n) is 4.43. The summed E-state index contributed by atoms with van der Waals surface area (Å²) in [5, 5.41) is 9.18. The fourth-order valence-electron chi connectivity index (χ4n) is 1.29. The largest absolute Gasteiger partial charge is 0.236 e. The average Bonchev–Trinajstić information content (AvgIpc) is 2.31. The third-order valence-electron chi connectivity index (χ3n) is 2.02. The molecule has 0 bridgehead atoms. The van der Waals surface area contributed by atoms with Crippen molar-refractivity contribution >= 4 is 11.6 Å². The number of pyridine rings is 1. The van der Waals surface area contributed by atoms with Gasteiger partial charge in [0.2, 0.25) is 0 Å². The van der Waals surface area contributed by atoms with Gasteiger partial charge in [0.25, 0.3) is 0 Å². The summed E-state index contributed by atoms with van der Waals surface area (Å²) in [5.41, 5.74) is 2.00. The van der Waals surface area contributed by atoms with Crippen LogP contribution in [0.5, 0.6) is 0 Å². The van der Waals surface area contributed by atoms with Crippen LogP contribution in [0.25, 0.3) is 11.3 Å². The second kappa shape index (κ2) is 4.12. The van der Waals surface area contributed by atoms with Crippen LogP contribution in [0.4, 0.5) is 0 Å². The van der Waals surface area contributed by atoms with Gasteiger partial charge in [0, 0.05) is 5.56 Å². The van der Waals surface area contributed by atoms with Crippen LogP contribution in [0.15, 0.2) is 42.5 Å². The normalized spacial score (nSPS) is 9.60. The third-order valence-corrected chi connectivity index (χ3v) is 2.33. The van der Waals surface area contributed by atoms with Gasteiger partial charge >= 0.3 is 0 Å². The van der Waals surface area contributed by atoms with E-state index >= 15 is 0 Å². The molecule has 0 saturated carbocycles. The van der Waals surface area contributed by atoms with E-state index in [2.05, 4.69) is 4.98 Å². The summed E-state index contributed by atoms with van der Waals surface area (Å²) >= 11 is 5.80. The zero-order valence-electron chi connectivity index (χ0n) is 7.81. The van der Waals surface area contributed by atoms with Gasteiger partial charge in [0.05, 0.1) is 10.7 Å². The van der Waals surface area contributed by atoms with Crippen LogP contribution in [0.1, 0.15) is 5.69 Å². The van der Waals surface area contributed by atoms with Crippen molar-refractivity contribution in [3.8, 4) is 17.3 Å². The predicted octanol–water partition coefficient (Wildman–Crippen LogP) is 3.27. The van der Waals surface area contributed by atoms with Crippen LogP contribution >= 0.6 is 11.6 Å². The molecule has 1 aromatic carbocycles. The Hall–Kier alpha value is -1.85. The van der Waals surface area contributed by atoms with E-state index in [9.17, 15) is 0 Å². The van der Waals surface area contributed by atoms with Crippen molar-refractivity contribution in [3.63, 3.8) is 0 Å². The summed E-state index contributed by atoms with van der Waals surface area (Å²) in [4.78, 5) is 4.17. The van der Waals surface area contributed by atoms with Gasteiger partial charge in [0.15, 0.2) is 5.69 Å². The molecule has 72 valence electrons. The molecular formula is C12H7ClN2. The molecule has 0 radical (unpaired) electrons. The van der Waals surface area contributed by atoms with Crippen molar-refractivity contribution in [2.24, 2.45) is 0 Å². The summed E-state index contributed by atoms with van der Waals surface area (Å²) in [7, 11) is 0. The van der Waals surface area contributed by atoms with Gasteiger partial charge in [-0.05, 0) is 12.1 Å². The summed E-state index contributed by atoms with van der Waals surface area (Å²) in [5.74, 6) is 0. The molecule has 1 heterocycles. The summed E-state index contributed by atoms with van der Waals surface area (Å²) < 4.78 is 0. The van der Waals surface area contributed by atoms with Crippen molar-refractivity contribution in [2.75, 3.05) is 0 Å². The first-order valence-corrected chi connectivity index (χ1v) is 4.81. The van der Waals surface area contributed by atoms with Gasteiger partial charge < -0.3 is 0 Å². The molecule has 2 nitrogen and oxygen atoms in total. The van der Waals surface area contributed by atoms with E-state index in [0.29, 0.717) is 5.02 Å². The molecule has 0 aliphatic heterocycles. The number of aromatic nitrogens is 1. The van der Waals surface area contributed by atoms with E-state index in [4.69, 9.17) is 16.9 Å². The first-order chi connectivity index (χ1) is 7.31. The van der Waals surface area contributed by atoms with E-state index in [1.165, 1.54) is 0 Å². The van der Waals surface area contributed by atoms with Crippen molar-refractivity contribution in [3.05, 3.63) is 53.2 Å². The maximum Gasteiger partial charge on any atom is 0.159 e. The highest BCUT2D eigenvalue weighted by atomic mass is 35.5. The molecule has 0 N–H and O–H groups in total. The summed E-state index contributed by atoms with van der Waals surface area (Å²) in [6.07, 6.45) is 0. The van der Waals surface area contributed by atoms with Crippen LogP contribution in [-0.2, 0) is 0 Å². The smallest absolute Gasteiger partial charge is 0.159 e. The minimum atomic E-state index is 0.262. The maximum atomic E-state index is 8.79. The van der Waals surface area contributed by atoms with Gasteiger partial charge in [-0.3, -0.25) is 0 Å². The molecule has 0 amide bonds. The molecule has 1 aromatic heterocycles. The van der Waals surface area contributed by atoms with Gasteiger partial charge in [-0.2, -0.15) is 5.26 Å². The summed E-state index contributed by atoms with van der Waals surface area (Å²) in [6, 6.07) is 15.1. The number of halogens is 1. The number of nitriles is 1. The van der Waals surface area contributed by atoms with Crippen molar-refractivity contribution in [1.29, 1.82) is 5.26 Å². The molecule has 0 spiro atoms. The van der Waals surface area contributed by atoms with E-state index in [1.807, 2.05) is 36.4 Å². The predicted molar refractivity (Wildman–Crippen MR) is 59.4 cm³/mol. The van der Waals surface area contributed by atoms with Crippen molar-refractivity contribution in [2.45, 2.75) is 0 Å². The lowest BCUT2D eigenvalue weighted by molar-refractivity contribution is 1.26. The van der Waals surface area contributed by atoms with Crippen molar-refractivity contribution in [1.82, 2.24) is 4.98 Å². The van der Waals surface area contributed by atoms with Gasteiger partial charge in [0.1, 0.15) is 6.07 Å². The fourth-order valence-corrected chi connectivity index (χ4v) is 1.44. The van der Waals surface area contributed by atoms with E-state index in [0.717, 1.165) is 11.3 Å². The fraction of sp³-hybridized carbons (Fsp3) is 0. The second-order valence-electron chi connectivity index (χ2n) is 3.00. The molecule has 0 unspecified atom stereocenters. The van der Waals surface area contributed by atoms with E-state index < -0.39 is 0 Å². The Balaban J connectivity index is 2.52. The van der Waals surface area contributed by atoms with E-state index in [-0.39, 0.29) is 5.69 Å². The highest BCUT2D eigenvalue weighted by Gasteiger charge is 2.04. The molecular weight excluding hydrogens is 208 g/mol. The number of hydrogen-bond acceptors (Lipinski definition) is 2. The topological polar surface area (TPSA) is 36.7 Å². The highest BCUT2D eigenvalue weighted by molar-refractivity contribution is 6.31. The highest BCUT2D eigenvalue weighted by Crippen LogP contribution is 2.20. The Kier molecular flexibility index (Phi) is 2.66. The Morgan fingerprint density at radius 3 is 2.47 bits per heavy atom. The summed E-state index contributed by atoms with van der Waals surface area (Å²) in [6.45, 7) is 0. The van der Waals surface area contributed by atoms with Crippen LogP contribution < -0.4 is 0 Å². The zero-order chi connectivity index (χ0) is 10.7. The Morgan fingerprint density at radius 2 is 1.80 bits per heavy atom. The average molecular weight is 215 g/mol. The van der Waals surface area contributed by atoms with Crippen LogP contribution in [0.2, 0.25) is 5.02 Å². The molecule has 0 fully saturated rings. The number of hydrogen-bond donors (Lipinski definition) is 0. The quantitative estimate of drug-likeness (QED) is 0.731. The van der Waals surface area contributed by atoms with Gasteiger partial charge in [-0.1, -0.05) is 41.9 Å². The number of rotatable bonds is 1. The molecule has 0 atom stereocenters.